The number of aromatic amines is 1. The van der Waals surface area contributed by atoms with Crippen molar-refractivity contribution in [2.75, 3.05) is 0 Å². The SMILES string of the molecule is Cc1cc(-c2c(C)[nH]c(=O)c(C)c2C)ccn1. The molecule has 0 amide bonds. The topological polar surface area (TPSA) is 45.8 Å². The zero-order chi connectivity index (χ0) is 12.6. The molecule has 0 saturated heterocycles. The van der Waals surface area contributed by atoms with Gasteiger partial charge in [-0.05, 0) is 51.0 Å². The number of aryl methyl sites for hydroxylation is 2. The minimum atomic E-state index is -0.00507. The number of nitrogens with zero attached hydrogens (tertiary/aromatic N) is 1. The van der Waals surface area contributed by atoms with Crippen molar-refractivity contribution in [3.8, 4) is 11.1 Å². The number of hydrogen-bond donors (Lipinski definition) is 1. The number of H-pyrrole nitrogens is 1. The predicted octanol–water partition coefficient (Wildman–Crippen LogP) is 2.67. The van der Waals surface area contributed by atoms with Gasteiger partial charge in [-0.1, -0.05) is 0 Å². The fourth-order valence-corrected chi connectivity index (χ4v) is 2.10. The molecule has 3 nitrogen and oxygen atoms in total. The van der Waals surface area contributed by atoms with E-state index in [-0.39, 0.29) is 5.56 Å². The summed E-state index contributed by atoms with van der Waals surface area (Å²) in [6.07, 6.45) is 1.80. The monoisotopic (exact) mass is 228 g/mol. The van der Waals surface area contributed by atoms with Gasteiger partial charge < -0.3 is 4.98 Å². The molecular formula is C14H16N2O. The first-order valence-electron chi connectivity index (χ1n) is 5.64. The van der Waals surface area contributed by atoms with Gasteiger partial charge in [-0.3, -0.25) is 9.78 Å². The Kier molecular flexibility index (Phi) is 2.84. The lowest BCUT2D eigenvalue weighted by atomic mass is 9.97. The number of pyridine rings is 2. The molecule has 17 heavy (non-hydrogen) atoms. The minimum Gasteiger partial charge on any atom is -0.326 e. The van der Waals surface area contributed by atoms with E-state index in [1.165, 1.54) is 0 Å². The lowest BCUT2D eigenvalue weighted by Gasteiger charge is -2.12. The van der Waals surface area contributed by atoms with Crippen LogP contribution < -0.4 is 5.56 Å². The van der Waals surface area contributed by atoms with Gasteiger partial charge >= 0.3 is 0 Å². The zero-order valence-corrected chi connectivity index (χ0v) is 10.6. The van der Waals surface area contributed by atoms with Crippen molar-refractivity contribution in [3.63, 3.8) is 0 Å². The molecule has 0 aliphatic carbocycles. The molecule has 2 rings (SSSR count). The van der Waals surface area contributed by atoms with Gasteiger partial charge in [-0.15, -0.1) is 0 Å². The number of rotatable bonds is 1. The summed E-state index contributed by atoms with van der Waals surface area (Å²) in [5.41, 5.74) is 5.90. The average molecular weight is 228 g/mol. The van der Waals surface area contributed by atoms with Crippen LogP contribution in [0.5, 0.6) is 0 Å². The van der Waals surface area contributed by atoms with Gasteiger partial charge in [-0.25, -0.2) is 0 Å². The van der Waals surface area contributed by atoms with Gasteiger partial charge in [0.05, 0.1) is 0 Å². The quantitative estimate of drug-likeness (QED) is 0.815. The van der Waals surface area contributed by atoms with E-state index >= 15 is 0 Å². The summed E-state index contributed by atoms with van der Waals surface area (Å²) in [6, 6.07) is 4.01. The van der Waals surface area contributed by atoms with Gasteiger partial charge in [-0.2, -0.15) is 0 Å². The summed E-state index contributed by atoms with van der Waals surface area (Å²) in [4.78, 5) is 18.7. The molecule has 3 heteroatoms. The van der Waals surface area contributed by atoms with Gasteiger partial charge in [0, 0.05) is 28.7 Å². The zero-order valence-electron chi connectivity index (χ0n) is 10.6. The van der Waals surface area contributed by atoms with Crippen LogP contribution in [-0.2, 0) is 0 Å². The fourth-order valence-electron chi connectivity index (χ4n) is 2.10. The standard InChI is InChI=1S/C14H16N2O/c1-8-7-12(5-6-15-8)13-9(2)10(3)14(17)16-11(13)4/h5-7H,1-4H3,(H,16,17). The van der Waals surface area contributed by atoms with Crippen LogP contribution in [0.3, 0.4) is 0 Å². The maximum absolute atomic E-state index is 11.6. The molecule has 0 aromatic carbocycles. The van der Waals surface area contributed by atoms with E-state index in [4.69, 9.17) is 0 Å². The first kappa shape index (κ1) is 11.6. The average Bonchev–Trinajstić information content (AvgIpc) is 2.26. The van der Waals surface area contributed by atoms with Crippen molar-refractivity contribution >= 4 is 0 Å². The van der Waals surface area contributed by atoms with Crippen LogP contribution in [0.4, 0.5) is 0 Å². The lowest BCUT2D eigenvalue weighted by molar-refractivity contribution is 1.08. The van der Waals surface area contributed by atoms with Crippen LogP contribution in [0.2, 0.25) is 0 Å². The maximum atomic E-state index is 11.6. The Bertz CT molecular complexity index is 627. The van der Waals surface area contributed by atoms with Crippen LogP contribution in [0.15, 0.2) is 23.1 Å². The minimum absolute atomic E-state index is 0.00507. The van der Waals surface area contributed by atoms with Crippen molar-refractivity contribution in [1.82, 2.24) is 9.97 Å². The van der Waals surface area contributed by atoms with Gasteiger partial charge in [0.15, 0.2) is 0 Å². The van der Waals surface area contributed by atoms with Crippen LogP contribution in [-0.4, -0.2) is 9.97 Å². The third-order valence-electron chi connectivity index (χ3n) is 3.14. The van der Waals surface area contributed by atoms with E-state index in [0.717, 1.165) is 33.6 Å². The molecule has 2 aromatic heterocycles. The Morgan fingerprint density at radius 3 is 2.47 bits per heavy atom. The smallest absolute Gasteiger partial charge is 0.251 e. The molecular weight excluding hydrogens is 212 g/mol. The van der Waals surface area contributed by atoms with E-state index in [2.05, 4.69) is 9.97 Å². The summed E-state index contributed by atoms with van der Waals surface area (Å²) in [7, 11) is 0. The molecule has 1 N–H and O–H groups in total. The lowest BCUT2D eigenvalue weighted by Crippen LogP contribution is -2.14. The fraction of sp³-hybridized carbons (Fsp3) is 0.286. The van der Waals surface area contributed by atoms with E-state index in [9.17, 15) is 4.79 Å². The second-order valence-electron chi connectivity index (χ2n) is 4.39. The Balaban J connectivity index is 2.76. The van der Waals surface area contributed by atoms with Gasteiger partial charge in [0.1, 0.15) is 0 Å². The normalized spacial score (nSPS) is 10.6. The summed E-state index contributed by atoms with van der Waals surface area (Å²) >= 11 is 0. The highest BCUT2D eigenvalue weighted by Gasteiger charge is 2.10. The highest BCUT2D eigenvalue weighted by Crippen LogP contribution is 2.26. The van der Waals surface area contributed by atoms with E-state index in [1.54, 1.807) is 6.20 Å². The molecule has 88 valence electrons. The molecule has 2 aromatic rings. The van der Waals surface area contributed by atoms with E-state index in [0.29, 0.717) is 0 Å². The third kappa shape index (κ3) is 2.00. The summed E-state index contributed by atoms with van der Waals surface area (Å²) in [6.45, 7) is 7.74. The Morgan fingerprint density at radius 2 is 1.82 bits per heavy atom. The largest absolute Gasteiger partial charge is 0.326 e. The maximum Gasteiger partial charge on any atom is 0.251 e. The number of nitrogens with one attached hydrogen (secondary N) is 1. The summed E-state index contributed by atoms with van der Waals surface area (Å²) in [5.74, 6) is 0. The molecule has 0 bridgehead atoms. The molecule has 0 unspecified atom stereocenters. The second kappa shape index (κ2) is 4.17. The molecule has 0 atom stereocenters. The Hall–Kier alpha value is -1.90. The summed E-state index contributed by atoms with van der Waals surface area (Å²) in [5, 5.41) is 0. The third-order valence-corrected chi connectivity index (χ3v) is 3.14. The Labute approximate surface area is 101 Å². The summed E-state index contributed by atoms with van der Waals surface area (Å²) < 4.78 is 0. The molecule has 0 fully saturated rings. The Morgan fingerprint density at radius 1 is 1.12 bits per heavy atom. The number of hydrogen-bond acceptors (Lipinski definition) is 2. The van der Waals surface area contributed by atoms with Crippen molar-refractivity contribution in [3.05, 3.63) is 51.2 Å². The molecule has 0 spiro atoms. The van der Waals surface area contributed by atoms with Crippen LogP contribution in [0.1, 0.15) is 22.5 Å². The molecule has 2 heterocycles. The molecule has 0 aliphatic rings. The van der Waals surface area contributed by atoms with E-state index < -0.39 is 0 Å². The molecule has 0 saturated carbocycles. The van der Waals surface area contributed by atoms with Gasteiger partial charge in [0.2, 0.25) is 0 Å². The second-order valence-corrected chi connectivity index (χ2v) is 4.39. The van der Waals surface area contributed by atoms with Crippen LogP contribution in [0, 0.1) is 27.7 Å². The van der Waals surface area contributed by atoms with Crippen molar-refractivity contribution in [2.45, 2.75) is 27.7 Å². The van der Waals surface area contributed by atoms with Crippen LogP contribution >= 0.6 is 0 Å². The first-order chi connectivity index (χ1) is 8.00. The predicted molar refractivity (Wildman–Crippen MR) is 69.2 cm³/mol. The highest BCUT2D eigenvalue weighted by atomic mass is 16.1. The molecule has 0 radical (unpaired) electrons. The van der Waals surface area contributed by atoms with E-state index in [1.807, 2.05) is 39.8 Å². The van der Waals surface area contributed by atoms with Crippen molar-refractivity contribution < 1.29 is 0 Å². The van der Waals surface area contributed by atoms with Gasteiger partial charge in [0.25, 0.3) is 5.56 Å². The van der Waals surface area contributed by atoms with Crippen molar-refractivity contribution in [1.29, 1.82) is 0 Å². The molecule has 0 aliphatic heterocycles. The first-order valence-corrected chi connectivity index (χ1v) is 5.64. The highest BCUT2D eigenvalue weighted by molar-refractivity contribution is 5.70. The van der Waals surface area contributed by atoms with Crippen LogP contribution in [0.25, 0.3) is 11.1 Å². The number of aromatic nitrogens is 2. The van der Waals surface area contributed by atoms with Crippen molar-refractivity contribution in [2.24, 2.45) is 0 Å².